The number of hydrogen-bond donors (Lipinski definition) is 0. The van der Waals surface area contributed by atoms with Crippen LogP contribution >= 0.6 is 0 Å². The predicted octanol–water partition coefficient (Wildman–Crippen LogP) is 5.44. The minimum atomic E-state index is -1.54. The molecule has 5 nitrogen and oxygen atoms in total. The van der Waals surface area contributed by atoms with Crippen molar-refractivity contribution in [1.82, 2.24) is 4.90 Å². The van der Waals surface area contributed by atoms with Gasteiger partial charge in [-0.1, -0.05) is 50.2 Å². The summed E-state index contributed by atoms with van der Waals surface area (Å²) in [5, 5.41) is 0. The van der Waals surface area contributed by atoms with Crippen LogP contribution in [0.15, 0.2) is 76.5 Å². The van der Waals surface area contributed by atoms with E-state index in [1.54, 1.807) is 47.4 Å². The van der Waals surface area contributed by atoms with Crippen molar-refractivity contribution in [2.75, 3.05) is 18.0 Å². The number of anilines is 1. The number of benzene rings is 3. The number of amides is 2. The molecule has 6 heteroatoms. The van der Waals surface area contributed by atoms with Crippen molar-refractivity contribution in [3.63, 3.8) is 0 Å². The lowest BCUT2D eigenvalue weighted by Gasteiger charge is -2.35. The van der Waals surface area contributed by atoms with E-state index in [0.717, 1.165) is 30.6 Å². The van der Waals surface area contributed by atoms with Gasteiger partial charge in [-0.05, 0) is 66.6 Å². The Kier molecular flexibility index (Phi) is 6.32. The molecule has 2 heterocycles. The van der Waals surface area contributed by atoms with E-state index in [0.29, 0.717) is 45.0 Å². The quantitative estimate of drug-likeness (QED) is 0.495. The summed E-state index contributed by atoms with van der Waals surface area (Å²) in [6.07, 6.45) is 1.11. The first-order valence-corrected chi connectivity index (χ1v) is 13.3. The van der Waals surface area contributed by atoms with Gasteiger partial charge in [0, 0.05) is 18.7 Å². The molecule has 2 amide bonds. The fourth-order valence-corrected chi connectivity index (χ4v) is 6.67. The predicted molar refractivity (Wildman–Crippen MR) is 138 cm³/mol. The molecule has 35 heavy (non-hydrogen) atoms. The molecule has 2 aliphatic heterocycles. The molecule has 3 atom stereocenters. The molecule has 0 N–H and O–H groups in total. The molecule has 0 aromatic heterocycles. The minimum Gasteiger partial charge on any atom is -0.338 e. The number of carbonyl (C=O) groups excluding carboxylic acids is 2. The third-order valence-corrected chi connectivity index (χ3v) is 8.50. The first-order chi connectivity index (χ1) is 16.8. The molecule has 1 saturated heterocycles. The second-order valence-corrected chi connectivity index (χ2v) is 11.3. The average molecular weight is 487 g/mol. The molecule has 0 saturated carbocycles. The van der Waals surface area contributed by atoms with E-state index in [2.05, 4.69) is 13.8 Å². The first kappa shape index (κ1) is 23.5. The van der Waals surface area contributed by atoms with Crippen LogP contribution in [-0.4, -0.2) is 34.0 Å². The van der Waals surface area contributed by atoms with E-state index in [1.165, 1.54) is 0 Å². The van der Waals surface area contributed by atoms with Crippen LogP contribution in [-0.2, 0) is 17.3 Å². The van der Waals surface area contributed by atoms with E-state index in [1.807, 2.05) is 36.1 Å². The number of aryl methyl sites for hydroxylation is 1. The van der Waals surface area contributed by atoms with E-state index in [4.69, 9.17) is 0 Å². The Bertz CT molecular complexity index is 1330. The smallest absolute Gasteiger partial charge is 0.259 e. The molecule has 3 unspecified atom stereocenters. The third kappa shape index (κ3) is 4.43. The largest absolute Gasteiger partial charge is 0.338 e. The van der Waals surface area contributed by atoms with Gasteiger partial charge < -0.3 is 9.80 Å². The molecule has 5 rings (SSSR count). The molecule has 0 radical (unpaired) electrons. The number of likely N-dealkylation sites (tertiary alicyclic amines) is 1. The molecule has 0 aliphatic carbocycles. The maximum Gasteiger partial charge on any atom is 0.259 e. The van der Waals surface area contributed by atoms with E-state index in [9.17, 15) is 13.8 Å². The molecule has 0 bridgehead atoms. The zero-order chi connectivity index (χ0) is 24.7. The van der Waals surface area contributed by atoms with Gasteiger partial charge in [-0.2, -0.15) is 0 Å². The summed E-state index contributed by atoms with van der Waals surface area (Å²) in [5.41, 5.74) is 3.57. The van der Waals surface area contributed by atoms with Crippen molar-refractivity contribution >= 4 is 28.3 Å². The molecule has 0 spiro atoms. The molecular formula is C29H30N2O3S. The summed E-state index contributed by atoms with van der Waals surface area (Å²) in [7, 11) is -1.54. The highest BCUT2D eigenvalue weighted by Crippen LogP contribution is 2.37. The van der Waals surface area contributed by atoms with Gasteiger partial charge in [0.05, 0.1) is 38.4 Å². The number of rotatable bonds is 3. The summed E-state index contributed by atoms with van der Waals surface area (Å²) in [5.74, 6) is 0.650. The van der Waals surface area contributed by atoms with Crippen LogP contribution in [0.1, 0.15) is 52.1 Å². The highest BCUT2D eigenvalue weighted by molar-refractivity contribution is 7.85. The number of carbonyl (C=O) groups is 2. The molecule has 1 fully saturated rings. The molecule has 3 aromatic rings. The summed E-state index contributed by atoms with van der Waals surface area (Å²) in [6, 6.07) is 20.3. The first-order valence-electron chi connectivity index (χ1n) is 12.1. The summed E-state index contributed by atoms with van der Waals surface area (Å²) >= 11 is 0. The van der Waals surface area contributed by atoms with E-state index >= 15 is 0 Å². The van der Waals surface area contributed by atoms with Gasteiger partial charge in [-0.25, -0.2) is 4.21 Å². The fourth-order valence-electron chi connectivity index (χ4n) is 5.32. The van der Waals surface area contributed by atoms with Crippen LogP contribution < -0.4 is 4.90 Å². The second kappa shape index (κ2) is 9.42. The lowest BCUT2D eigenvalue weighted by molar-refractivity contribution is 0.0623. The Morgan fingerprint density at radius 2 is 1.63 bits per heavy atom. The van der Waals surface area contributed by atoms with Crippen molar-refractivity contribution in [3.8, 4) is 0 Å². The molecular weight excluding hydrogens is 456 g/mol. The van der Waals surface area contributed by atoms with Crippen molar-refractivity contribution in [2.24, 2.45) is 11.8 Å². The maximum absolute atomic E-state index is 13.8. The van der Waals surface area contributed by atoms with Gasteiger partial charge >= 0.3 is 0 Å². The fraction of sp³-hybridized carbons (Fsp3) is 0.310. The normalized spacial score (nSPS) is 21.8. The SMILES string of the molecule is Cc1ccccc1CN1C(=O)c2ccccc2S(=O)c2ccc(C(=O)N3CC(C)CC(C)C3)cc21. The highest BCUT2D eigenvalue weighted by atomic mass is 32.2. The zero-order valence-electron chi connectivity index (χ0n) is 20.4. The van der Waals surface area contributed by atoms with Crippen LogP contribution in [0.3, 0.4) is 0 Å². The minimum absolute atomic E-state index is 0.0398. The van der Waals surface area contributed by atoms with Gasteiger partial charge in [0.1, 0.15) is 0 Å². The van der Waals surface area contributed by atoms with Crippen molar-refractivity contribution in [2.45, 2.75) is 43.5 Å². The van der Waals surface area contributed by atoms with Crippen molar-refractivity contribution in [3.05, 3.63) is 89.0 Å². The summed E-state index contributed by atoms with van der Waals surface area (Å²) < 4.78 is 13.6. The standard InChI is InChI=1S/C29H30N2O3S/c1-19-14-20(2)17-30(16-19)28(32)22-12-13-27-25(15-22)31(18-23-9-5-4-8-21(23)3)29(33)24-10-6-7-11-26(24)35(27)34/h4-13,15,19-20H,14,16-18H2,1-3H3. The second-order valence-electron chi connectivity index (χ2n) is 9.92. The van der Waals surface area contributed by atoms with Gasteiger partial charge in [0.25, 0.3) is 11.8 Å². The monoisotopic (exact) mass is 486 g/mol. The third-order valence-electron chi connectivity index (χ3n) is 7.00. The van der Waals surface area contributed by atoms with Gasteiger partial charge in [-0.15, -0.1) is 0 Å². The van der Waals surface area contributed by atoms with E-state index in [-0.39, 0.29) is 11.8 Å². The molecule has 180 valence electrons. The van der Waals surface area contributed by atoms with Gasteiger partial charge in [-0.3, -0.25) is 9.59 Å². The number of fused-ring (bicyclic) bond motifs is 2. The molecule has 3 aromatic carbocycles. The Morgan fingerprint density at radius 3 is 2.37 bits per heavy atom. The number of piperidine rings is 1. The van der Waals surface area contributed by atoms with Gasteiger partial charge in [0.15, 0.2) is 0 Å². The summed E-state index contributed by atoms with van der Waals surface area (Å²) in [6.45, 7) is 8.15. The topological polar surface area (TPSA) is 57.7 Å². The Morgan fingerprint density at radius 1 is 0.943 bits per heavy atom. The average Bonchev–Trinajstić information content (AvgIpc) is 2.93. The van der Waals surface area contributed by atoms with E-state index < -0.39 is 10.8 Å². The number of nitrogens with zero attached hydrogens (tertiary/aromatic N) is 2. The molecule has 2 aliphatic rings. The lowest BCUT2D eigenvalue weighted by atomic mass is 9.91. The Balaban J connectivity index is 1.61. The Labute approximate surface area is 209 Å². The Hall–Kier alpha value is -3.25. The maximum atomic E-state index is 13.8. The van der Waals surface area contributed by atoms with Gasteiger partial charge in [0.2, 0.25) is 0 Å². The van der Waals surface area contributed by atoms with Crippen LogP contribution in [0.2, 0.25) is 0 Å². The summed E-state index contributed by atoms with van der Waals surface area (Å²) in [4.78, 5) is 32.0. The van der Waals surface area contributed by atoms with Crippen LogP contribution in [0.4, 0.5) is 5.69 Å². The number of hydrogen-bond acceptors (Lipinski definition) is 3. The van der Waals surface area contributed by atoms with Crippen LogP contribution in [0.5, 0.6) is 0 Å². The van der Waals surface area contributed by atoms with Crippen LogP contribution in [0.25, 0.3) is 0 Å². The lowest BCUT2D eigenvalue weighted by Crippen LogP contribution is -2.42. The zero-order valence-corrected chi connectivity index (χ0v) is 21.2. The van der Waals surface area contributed by atoms with Crippen LogP contribution in [0, 0.1) is 18.8 Å². The van der Waals surface area contributed by atoms with Crippen molar-refractivity contribution in [1.29, 1.82) is 0 Å². The highest BCUT2D eigenvalue weighted by Gasteiger charge is 2.33. The van der Waals surface area contributed by atoms with Crippen molar-refractivity contribution < 1.29 is 13.8 Å².